The Morgan fingerprint density at radius 1 is 1.45 bits per heavy atom. The SMILES string of the molecule is C=CCNC(=O)N1CCC[C@H]1c1nc(-c2ccccc2)n[nH]1. The largest absolute Gasteiger partial charge is 0.335 e. The van der Waals surface area contributed by atoms with Crippen LogP contribution in [0.25, 0.3) is 11.4 Å². The normalized spacial score (nSPS) is 17.5. The third-order valence-electron chi connectivity index (χ3n) is 3.76. The van der Waals surface area contributed by atoms with Gasteiger partial charge in [0.05, 0.1) is 6.04 Å². The first-order valence-electron chi connectivity index (χ1n) is 7.42. The van der Waals surface area contributed by atoms with Crippen LogP contribution in [0, 0.1) is 0 Å². The van der Waals surface area contributed by atoms with E-state index < -0.39 is 0 Å². The zero-order valence-electron chi connectivity index (χ0n) is 12.3. The molecule has 1 atom stereocenters. The van der Waals surface area contributed by atoms with Gasteiger partial charge < -0.3 is 10.2 Å². The molecule has 2 aromatic rings. The number of H-pyrrole nitrogens is 1. The first kappa shape index (κ1) is 14.3. The molecule has 0 radical (unpaired) electrons. The topological polar surface area (TPSA) is 73.9 Å². The summed E-state index contributed by atoms with van der Waals surface area (Å²) in [5.41, 5.74) is 0.964. The Labute approximate surface area is 129 Å². The van der Waals surface area contributed by atoms with Gasteiger partial charge in [-0.15, -0.1) is 6.58 Å². The molecule has 1 aliphatic heterocycles. The number of nitrogens with one attached hydrogen (secondary N) is 2. The molecular formula is C16H19N5O. The van der Waals surface area contributed by atoms with E-state index >= 15 is 0 Å². The Hall–Kier alpha value is -2.63. The minimum Gasteiger partial charge on any atom is -0.335 e. The van der Waals surface area contributed by atoms with Crippen LogP contribution < -0.4 is 5.32 Å². The molecule has 1 aromatic heterocycles. The van der Waals surface area contributed by atoms with Gasteiger partial charge in [0.2, 0.25) is 0 Å². The Bertz CT molecular complexity index is 652. The highest BCUT2D eigenvalue weighted by atomic mass is 16.2. The second-order valence-corrected chi connectivity index (χ2v) is 5.24. The number of carbonyl (C=O) groups excluding carboxylic acids is 1. The van der Waals surface area contributed by atoms with Gasteiger partial charge in [0.15, 0.2) is 5.82 Å². The molecule has 114 valence electrons. The first-order valence-corrected chi connectivity index (χ1v) is 7.42. The average molecular weight is 297 g/mol. The van der Waals surface area contributed by atoms with E-state index in [0.29, 0.717) is 12.4 Å². The van der Waals surface area contributed by atoms with Gasteiger partial charge in [-0.05, 0) is 12.8 Å². The summed E-state index contributed by atoms with van der Waals surface area (Å²) in [5, 5.41) is 10.1. The Kier molecular flexibility index (Phi) is 4.18. The van der Waals surface area contributed by atoms with E-state index in [9.17, 15) is 4.79 Å². The zero-order valence-corrected chi connectivity index (χ0v) is 12.3. The number of aromatic amines is 1. The fourth-order valence-corrected chi connectivity index (χ4v) is 2.69. The lowest BCUT2D eigenvalue weighted by Gasteiger charge is -2.22. The van der Waals surface area contributed by atoms with Crippen molar-refractivity contribution < 1.29 is 4.79 Å². The van der Waals surface area contributed by atoms with E-state index in [1.165, 1.54) is 0 Å². The van der Waals surface area contributed by atoms with E-state index in [-0.39, 0.29) is 12.1 Å². The molecule has 0 bridgehead atoms. The summed E-state index contributed by atoms with van der Waals surface area (Å²) in [6.45, 7) is 4.81. The van der Waals surface area contributed by atoms with Gasteiger partial charge in [-0.2, -0.15) is 5.10 Å². The van der Waals surface area contributed by atoms with Crippen molar-refractivity contribution in [1.29, 1.82) is 0 Å². The molecule has 6 nitrogen and oxygen atoms in total. The second kappa shape index (κ2) is 6.43. The summed E-state index contributed by atoms with van der Waals surface area (Å²) >= 11 is 0. The van der Waals surface area contributed by atoms with Crippen molar-refractivity contribution in [3.8, 4) is 11.4 Å². The third kappa shape index (κ3) is 2.86. The fourth-order valence-electron chi connectivity index (χ4n) is 2.69. The van der Waals surface area contributed by atoms with Gasteiger partial charge in [-0.1, -0.05) is 36.4 Å². The van der Waals surface area contributed by atoms with Crippen molar-refractivity contribution in [3.05, 3.63) is 48.8 Å². The molecule has 1 aromatic carbocycles. The molecular weight excluding hydrogens is 278 g/mol. The first-order chi connectivity index (χ1) is 10.8. The smallest absolute Gasteiger partial charge is 0.318 e. The molecule has 1 saturated heterocycles. The summed E-state index contributed by atoms with van der Waals surface area (Å²) in [4.78, 5) is 18.5. The van der Waals surface area contributed by atoms with Crippen LogP contribution in [0.1, 0.15) is 24.7 Å². The summed E-state index contributed by atoms with van der Waals surface area (Å²) in [6.07, 6.45) is 3.53. The van der Waals surface area contributed by atoms with Crippen molar-refractivity contribution in [2.75, 3.05) is 13.1 Å². The third-order valence-corrected chi connectivity index (χ3v) is 3.76. The van der Waals surface area contributed by atoms with Gasteiger partial charge in [0, 0.05) is 18.7 Å². The summed E-state index contributed by atoms with van der Waals surface area (Å²) in [7, 11) is 0. The van der Waals surface area contributed by atoms with E-state index in [0.717, 1.165) is 30.8 Å². The molecule has 2 heterocycles. The predicted molar refractivity (Wildman–Crippen MR) is 84.1 cm³/mol. The minimum atomic E-state index is -0.0833. The summed E-state index contributed by atoms with van der Waals surface area (Å²) in [5.74, 6) is 1.40. The van der Waals surface area contributed by atoms with Crippen LogP contribution in [-0.4, -0.2) is 39.2 Å². The number of benzene rings is 1. The lowest BCUT2D eigenvalue weighted by atomic mass is 10.2. The molecule has 6 heteroatoms. The predicted octanol–water partition coefficient (Wildman–Crippen LogP) is 2.50. The Balaban J connectivity index is 1.77. The molecule has 0 unspecified atom stereocenters. The molecule has 1 aliphatic rings. The van der Waals surface area contributed by atoms with Crippen molar-refractivity contribution in [2.45, 2.75) is 18.9 Å². The molecule has 1 fully saturated rings. The molecule has 0 spiro atoms. The quantitative estimate of drug-likeness (QED) is 0.852. The highest BCUT2D eigenvalue weighted by Crippen LogP contribution is 2.30. The summed E-state index contributed by atoms with van der Waals surface area (Å²) in [6, 6.07) is 9.67. The number of amides is 2. The van der Waals surface area contributed by atoms with Crippen LogP contribution in [0.5, 0.6) is 0 Å². The summed E-state index contributed by atoms with van der Waals surface area (Å²) < 4.78 is 0. The number of carbonyl (C=O) groups is 1. The molecule has 2 N–H and O–H groups in total. The maximum Gasteiger partial charge on any atom is 0.318 e. The monoisotopic (exact) mass is 297 g/mol. The maximum atomic E-state index is 12.2. The van der Waals surface area contributed by atoms with Crippen LogP contribution in [0.3, 0.4) is 0 Å². The Morgan fingerprint density at radius 2 is 2.27 bits per heavy atom. The molecule has 0 aliphatic carbocycles. The van der Waals surface area contributed by atoms with Crippen LogP contribution in [-0.2, 0) is 0 Å². The lowest BCUT2D eigenvalue weighted by molar-refractivity contribution is 0.192. The van der Waals surface area contributed by atoms with Crippen molar-refractivity contribution in [1.82, 2.24) is 25.4 Å². The molecule has 2 amide bonds. The minimum absolute atomic E-state index is 0.0465. The number of hydrogen-bond donors (Lipinski definition) is 2. The number of aromatic nitrogens is 3. The zero-order chi connectivity index (χ0) is 15.4. The maximum absolute atomic E-state index is 12.2. The van der Waals surface area contributed by atoms with E-state index in [4.69, 9.17) is 0 Å². The van der Waals surface area contributed by atoms with Gasteiger partial charge in [-0.25, -0.2) is 9.78 Å². The van der Waals surface area contributed by atoms with E-state index in [2.05, 4.69) is 27.1 Å². The Morgan fingerprint density at radius 3 is 3.05 bits per heavy atom. The standard InChI is InChI=1S/C16H19N5O/c1-2-10-17-16(22)21-11-6-9-13(21)15-18-14(19-20-15)12-7-4-3-5-8-12/h2-5,7-8,13H,1,6,9-11H2,(H,17,22)(H,18,19,20)/t13-/m0/s1. The van der Waals surface area contributed by atoms with Crippen molar-refractivity contribution >= 4 is 6.03 Å². The van der Waals surface area contributed by atoms with Gasteiger partial charge in [0.1, 0.15) is 5.82 Å². The molecule has 22 heavy (non-hydrogen) atoms. The number of nitrogens with zero attached hydrogens (tertiary/aromatic N) is 3. The van der Waals surface area contributed by atoms with Crippen LogP contribution >= 0.6 is 0 Å². The van der Waals surface area contributed by atoms with Crippen LogP contribution in [0.15, 0.2) is 43.0 Å². The van der Waals surface area contributed by atoms with Crippen molar-refractivity contribution in [2.24, 2.45) is 0 Å². The van der Waals surface area contributed by atoms with E-state index in [1.54, 1.807) is 11.0 Å². The van der Waals surface area contributed by atoms with Gasteiger partial charge in [-0.3, -0.25) is 5.10 Å². The average Bonchev–Trinajstić information content (AvgIpc) is 3.22. The number of rotatable bonds is 4. The number of hydrogen-bond acceptors (Lipinski definition) is 3. The highest BCUT2D eigenvalue weighted by molar-refractivity contribution is 5.75. The second-order valence-electron chi connectivity index (χ2n) is 5.24. The van der Waals surface area contributed by atoms with E-state index in [1.807, 2.05) is 30.3 Å². The molecule has 0 saturated carbocycles. The lowest BCUT2D eigenvalue weighted by Crippen LogP contribution is -2.39. The number of urea groups is 1. The van der Waals surface area contributed by atoms with Gasteiger partial charge >= 0.3 is 6.03 Å². The van der Waals surface area contributed by atoms with Crippen LogP contribution in [0.2, 0.25) is 0 Å². The molecule has 3 rings (SSSR count). The number of likely N-dealkylation sites (tertiary alicyclic amines) is 1. The van der Waals surface area contributed by atoms with Gasteiger partial charge in [0.25, 0.3) is 0 Å². The van der Waals surface area contributed by atoms with Crippen LogP contribution in [0.4, 0.5) is 4.79 Å². The van der Waals surface area contributed by atoms with Crippen molar-refractivity contribution in [3.63, 3.8) is 0 Å². The highest BCUT2D eigenvalue weighted by Gasteiger charge is 2.32. The fraction of sp³-hybridized carbons (Fsp3) is 0.312.